The Hall–Kier alpha value is -0.380. The summed E-state index contributed by atoms with van der Waals surface area (Å²) in [6.45, 7) is 1.82. The molecule has 88 valence electrons. The number of hydrogen-bond acceptors (Lipinski definition) is 3. The third-order valence-electron chi connectivity index (χ3n) is 2.80. The van der Waals surface area contributed by atoms with E-state index in [0.29, 0.717) is 10.7 Å². The van der Waals surface area contributed by atoms with Crippen molar-refractivity contribution in [2.45, 2.75) is 17.7 Å². The quantitative estimate of drug-likeness (QED) is 0.666. The lowest BCUT2D eigenvalue weighted by Gasteiger charge is -2.21. The van der Waals surface area contributed by atoms with Crippen LogP contribution in [-0.2, 0) is 4.74 Å². The van der Waals surface area contributed by atoms with Crippen LogP contribution < -0.4 is 5.73 Å². The van der Waals surface area contributed by atoms with E-state index in [1.54, 1.807) is 0 Å². The number of benzene rings is 1. The van der Waals surface area contributed by atoms with Gasteiger partial charge in [-0.25, -0.2) is 0 Å². The molecule has 0 bridgehead atoms. The third-order valence-corrected chi connectivity index (χ3v) is 4.35. The van der Waals surface area contributed by atoms with Crippen LogP contribution >= 0.6 is 23.4 Å². The van der Waals surface area contributed by atoms with Crippen molar-refractivity contribution in [3.63, 3.8) is 0 Å². The number of nitrogen functional groups attached to an aromatic ring is 1. The van der Waals surface area contributed by atoms with Gasteiger partial charge in [-0.15, -0.1) is 11.8 Å². The fraction of sp³-hybridized carbons (Fsp3) is 0.500. The normalized spacial score (nSPS) is 17.6. The molecule has 0 aromatic heterocycles. The van der Waals surface area contributed by atoms with E-state index in [9.17, 15) is 0 Å². The van der Waals surface area contributed by atoms with Crippen LogP contribution in [0.15, 0.2) is 23.1 Å². The Morgan fingerprint density at radius 2 is 2.12 bits per heavy atom. The molecule has 1 aromatic rings. The van der Waals surface area contributed by atoms with E-state index in [0.717, 1.165) is 24.9 Å². The maximum absolute atomic E-state index is 5.98. The second-order valence-corrected chi connectivity index (χ2v) is 5.55. The van der Waals surface area contributed by atoms with Crippen LogP contribution in [0, 0.1) is 5.92 Å². The van der Waals surface area contributed by atoms with Gasteiger partial charge in [0.15, 0.2) is 0 Å². The predicted molar refractivity (Wildman–Crippen MR) is 70.1 cm³/mol. The van der Waals surface area contributed by atoms with Crippen LogP contribution in [0.5, 0.6) is 0 Å². The van der Waals surface area contributed by atoms with Gasteiger partial charge in [0.25, 0.3) is 0 Å². The molecule has 1 aliphatic rings. The van der Waals surface area contributed by atoms with Gasteiger partial charge >= 0.3 is 0 Å². The molecule has 0 saturated carbocycles. The van der Waals surface area contributed by atoms with Gasteiger partial charge in [0.05, 0.1) is 10.7 Å². The SMILES string of the molecule is Nc1ccc(SCC2CCOCC2)cc1Cl. The van der Waals surface area contributed by atoms with Crippen LogP contribution in [0.25, 0.3) is 0 Å². The third kappa shape index (κ3) is 3.30. The maximum Gasteiger partial charge on any atom is 0.0646 e. The first-order chi connectivity index (χ1) is 7.75. The molecule has 1 aromatic carbocycles. The smallest absolute Gasteiger partial charge is 0.0646 e. The molecule has 1 saturated heterocycles. The first-order valence-electron chi connectivity index (χ1n) is 5.51. The molecule has 0 atom stereocenters. The summed E-state index contributed by atoms with van der Waals surface area (Å²) in [7, 11) is 0. The Bertz CT molecular complexity index is 353. The maximum atomic E-state index is 5.98. The van der Waals surface area contributed by atoms with Crippen molar-refractivity contribution in [3.8, 4) is 0 Å². The zero-order valence-electron chi connectivity index (χ0n) is 9.12. The highest BCUT2D eigenvalue weighted by molar-refractivity contribution is 7.99. The molecule has 2 rings (SSSR count). The number of anilines is 1. The number of thioether (sulfide) groups is 1. The minimum atomic E-state index is 0.650. The molecular weight excluding hydrogens is 242 g/mol. The fourth-order valence-electron chi connectivity index (χ4n) is 1.72. The summed E-state index contributed by atoms with van der Waals surface area (Å²) < 4.78 is 5.34. The van der Waals surface area contributed by atoms with Crippen molar-refractivity contribution >= 4 is 29.1 Å². The first-order valence-corrected chi connectivity index (χ1v) is 6.87. The first kappa shape index (κ1) is 12.1. The van der Waals surface area contributed by atoms with Crippen LogP contribution in [0.4, 0.5) is 5.69 Å². The average molecular weight is 258 g/mol. The van der Waals surface area contributed by atoms with Gasteiger partial charge in [0.1, 0.15) is 0 Å². The molecule has 1 heterocycles. The molecular formula is C12H16ClNOS. The lowest BCUT2D eigenvalue weighted by molar-refractivity contribution is 0.0728. The number of nitrogens with two attached hydrogens (primary N) is 1. The second-order valence-electron chi connectivity index (χ2n) is 4.05. The zero-order chi connectivity index (χ0) is 11.4. The van der Waals surface area contributed by atoms with Gasteiger partial charge in [0.2, 0.25) is 0 Å². The van der Waals surface area contributed by atoms with Gasteiger partial charge in [-0.2, -0.15) is 0 Å². The Balaban J connectivity index is 1.86. The van der Waals surface area contributed by atoms with Crippen LogP contribution in [0.2, 0.25) is 5.02 Å². The lowest BCUT2D eigenvalue weighted by Crippen LogP contribution is -2.17. The summed E-state index contributed by atoms with van der Waals surface area (Å²) in [6.07, 6.45) is 2.35. The van der Waals surface area contributed by atoms with Gasteiger partial charge in [-0.1, -0.05) is 11.6 Å². The average Bonchev–Trinajstić information content (AvgIpc) is 2.32. The number of hydrogen-bond donors (Lipinski definition) is 1. The summed E-state index contributed by atoms with van der Waals surface area (Å²) in [4.78, 5) is 1.20. The van der Waals surface area contributed by atoms with E-state index in [-0.39, 0.29) is 0 Å². The number of halogens is 1. The van der Waals surface area contributed by atoms with Crippen molar-refractivity contribution in [2.75, 3.05) is 24.7 Å². The van der Waals surface area contributed by atoms with E-state index < -0.39 is 0 Å². The minimum Gasteiger partial charge on any atom is -0.398 e. The molecule has 1 fully saturated rings. The summed E-state index contributed by atoms with van der Waals surface area (Å²) in [6, 6.07) is 5.85. The summed E-state index contributed by atoms with van der Waals surface area (Å²) >= 11 is 7.83. The zero-order valence-corrected chi connectivity index (χ0v) is 10.7. The van der Waals surface area contributed by atoms with Crippen LogP contribution in [-0.4, -0.2) is 19.0 Å². The highest BCUT2D eigenvalue weighted by atomic mass is 35.5. The Kier molecular flexibility index (Phi) is 4.38. The fourth-order valence-corrected chi connectivity index (χ4v) is 3.10. The lowest BCUT2D eigenvalue weighted by atomic mass is 10.0. The summed E-state index contributed by atoms with van der Waals surface area (Å²) in [5.41, 5.74) is 6.32. The van der Waals surface area contributed by atoms with Gasteiger partial charge in [0, 0.05) is 23.9 Å². The molecule has 0 radical (unpaired) electrons. The van der Waals surface area contributed by atoms with Crippen molar-refractivity contribution in [3.05, 3.63) is 23.2 Å². The molecule has 0 amide bonds. The molecule has 16 heavy (non-hydrogen) atoms. The van der Waals surface area contributed by atoms with Gasteiger partial charge in [-0.3, -0.25) is 0 Å². The molecule has 0 spiro atoms. The molecule has 0 unspecified atom stereocenters. The highest BCUT2D eigenvalue weighted by Crippen LogP contribution is 2.29. The molecule has 4 heteroatoms. The van der Waals surface area contributed by atoms with E-state index in [2.05, 4.69) is 0 Å². The van der Waals surface area contributed by atoms with Crippen molar-refractivity contribution in [2.24, 2.45) is 5.92 Å². The molecule has 2 nitrogen and oxygen atoms in total. The predicted octanol–water partition coefficient (Wildman–Crippen LogP) is 3.44. The summed E-state index contributed by atoms with van der Waals surface area (Å²) in [5.74, 6) is 1.92. The van der Waals surface area contributed by atoms with Crippen LogP contribution in [0.1, 0.15) is 12.8 Å². The number of ether oxygens (including phenoxy) is 1. The largest absolute Gasteiger partial charge is 0.398 e. The Morgan fingerprint density at radius 3 is 2.81 bits per heavy atom. The van der Waals surface area contributed by atoms with E-state index in [4.69, 9.17) is 22.1 Å². The second kappa shape index (κ2) is 5.80. The topological polar surface area (TPSA) is 35.2 Å². The highest BCUT2D eigenvalue weighted by Gasteiger charge is 2.13. The number of rotatable bonds is 3. The Labute approximate surface area is 105 Å². The van der Waals surface area contributed by atoms with Crippen LogP contribution in [0.3, 0.4) is 0 Å². The molecule has 0 aliphatic carbocycles. The van der Waals surface area contributed by atoms with E-state index >= 15 is 0 Å². The Morgan fingerprint density at radius 1 is 1.38 bits per heavy atom. The molecule has 2 N–H and O–H groups in total. The monoisotopic (exact) mass is 257 g/mol. The van der Waals surface area contributed by atoms with E-state index in [1.165, 1.54) is 17.7 Å². The van der Waals surface area contributed by atoms with E-state index in [1.807, 2.05) is 30.0 Å². The van der Waals surface area contributed by atoms with Crippen molar-refractivity contribution in [1.82, 2.24) is 0 Å². The standard InChI is InChI=1S/C12H16ClNOS/c13-11-7-10(1-2-12(11)14)16-8-9-3-5-15-6-4-9/h1-2,7,9H,3-6,8,14H2. The van der Waals surface area contributed by atoms with Gasteiger partial charge in [-0.05, 0) is 37.0 Å². The minimum absolute atomic E-state index is 0.650. The molecule has 1 aliphatic heterocycles. The van der Waals surface area contributed by atoms with Crippen molar-refractivity contribution in [1.29, 1.82) is 0 Å². The van der Waals surface area contributed by atoms with Gasteiger partial charge < -0.3 is 10.5 Å². The summed E-state index contributed by atoms with van der Waals surface area (Å²) in [5, 5.41) is 0.650. The van der Waals surface area contributed by atoms with Crippen molar-refractivity contribution < 1.29 is 4.74 Å².